The molecule has 0 N–H and O–H groups in total. The molecule has 22 heavy (non-hydrogen) atoms. The minimum Gasteiger partial charge on any atom is -0.300 e. The van der Waals surface area contributed by atoms with E-state index in [1.807, 2.05) is 17.0 Å². The molecule has 0 saturated carbocycles. The number of nitrogens with zero attached hydrogens (tertiary/aromatic N) is 1. The van der Waals surface area contributed by atoms with Crippen LogP contribution < -0.4 is 4.90 Å². The zero-order valence-electron chi connectivity index (χ0n) is 12.8. The molecule has 3 rings (SSSR count). The molecular formula is C16H16ClNOS3. The summed E-state index contributed by atoms with van der Waals surface area (Å²) < 4.78 is 0.894. The quantitative estimate of drug-likeness (QED) is 0.364. The molecule has 0 spiro atoms. The van der Waals surface area contributed by atoms with Gasteiger partial charge in [0.2, 0.25) is 5.91 Å². The highest BCUT2D eigenvalue weighted by molar-refractivity contribution is 7.80. The Morgan fingerprint density at radius 2 is 2.05 bits per heavy atom. The largest absolute Gasteiger partial charge is 0.300 e. The van der Waals surface area contributed by atoms with Crippen LogP contribution >= 0.6 is 44.5 Å². The normalized spacial score (nSPS) is 16.9. The summed E-state index contributed by atoms with van der Waals surface area (Å²) in [6.07, 6.45) is 0. The molecule has 2 heterocycles. The summed E-state index contributed by atoms with van der Waals surface area (Å²) in [4.78, 5) is 15.7. The summed E-state index contributed by atoms with van der Waals surface area (Å²) in [7, 11) is 3.26. The zero-order valence-corrected chi connectivity index (χ0v) is 16.0. The minimum atomic E-state index is -0.568. The van der Waals surface area contributed by atoms with Crippen molar-refractivity contribution in [3.05, 3.63) is 32.5 Å². The number of aryl methyl sites for hydroxylation is 1. The van der Waals surface area contributed by atoms with Crippen LogP contribution in [0.15, 0.2) is 18.2 Å². The lowest BCUT2D eigenvalue weighted by atomic mass is 9.86. The lowest BCUT2D eigenvalue weighted by molar-refractivity contribution is -0.119. The number of hydrogen-bond donors (Lipinski definition) is 0. The summed E-state index contributed by atoms with van der Waals surface area (Å²) >= 11 is 11.7. The predicted molar refractivity (Wildman–Crippen MR) is 99.0 cm³/mol. The van der Waals surface area contributed by atoms with Gasteiger partial charge < -0.3 is 0 Å². The third kappa shape index (κ3) is 2.26. The molecule has 0 aliphatic carbocycles. The van der Waals surface area contributed by atoms with E-state index < -0.39 is 10.9 Å². The van der Waals surface area contributed by atoms with Gasteiger partial charge in [-0.1, -0.05) is 44.5 Å². The Morgan fingerprint density at radius 1 is 1.36 bits per heavy atom. The Balaban J connectivity index is 2.37. The van der Waals surface area contributed by atoms with Gasteiger partial charge in [-0.05, 0) is 39.8 Å². The maximum Gasteiger partial charge on any atom is 0.245 e. The van der Waals surface area contributed by atoms with Crippen molar-refractivity contribution in [1.82, 2.24) is 0 Å². The van der Waals surface area contributed by atoms with Gasteiger partial charge in [-0.25, -0.2) is 0 Å². The molecule has 1 aromatic carbocycles. The molecule has 2 nitrogen and oxygen atoms in total. The Labute approximate surface area is 147 Å². The van der Waals surface area contributed by atoms with E-state index in [1.54, 1.807) is 27.6 Å². The van der Waals surface area contributed by atoms with Gasteiger partial charge in [0.15, 0.2) is 0 Å². The number of alkyl halides is 1. The summed E-state index contributed by atoms with van der Waals surface area (Å²) in [5, 5.41) is -0.568. The van der Waals surface area contributed by atoms with Crippen LogP contribution in [0, 0.1) is 10.7 Å². The van der Waals surface area contributed by atoms with Gasteiger partial charge >= 0.3 is 0 Å². The van der Waals surface area contributed by atoms with E-state index in [1.165, 1.54) is 0 Å². The topological polar surface area (TPSA) is 20.3 Å². The number of halogens is 1. The second-order valence-electron chi connectivity index (χ2n) is 6.03. The molecule has 1 aliphatic rings. The van der Waals surface area contributed by atoms with E-state index in [9.17, 15) is 4.79 Å². The molecule has 1 atom stereocenters. The van der Waals surface area contributed by atoms with Crippen molar-refractivity contribution >= 4 is 56.1 Å². The summed E-state index contributed by atoms with van der Waals surface area (Å²) in [5.74, 6) is -0.0771. The zero-order chi connectivity index (χ0) is 16.2. The fourth-order valence-corrected chi connectivity index (χ4v) is 6.29. The third-order valence-corrected chi connectivity index (χ3v) is 7.49. The number of fused-ring (bicyclic) bond motifs is 3. The standard InChI is InChI=1S/C16H16ClNOS3/c1-8-5-6-11-10(7-8)12-13(21-22-15(12)20)16(3,4)18(11)14(19)9(2)17/h5-7,9H,1-4H3. The van der Waals surface area contributed by atoms with Crippen molar-refractivity contribution in [3.63, 3.8) is 0 Å². The van der Waals surface area contributed by atoms with E-state index in [0.29, 0.717) is 0 Å². The van der Waals surface area contributed by atoms with Crippen LogP contribution in [0.25, 0.3) is 11.1 Å². The fourth-order valence-electron chi connectivity index (χ4n) is 2.92. The average Bonchev–Trinajstić information content (AvgIpc) is 2.82. The highest BCUT2D eigenvalue weighted by Crippen LogP contribution is 2.52. The van der Waals surface area contributed by atoms with Crippen molar-refractivity contribution in [2.75, 3.05) is 4.90 Å². The number of carbonyl (C=O) groups is 1. The summed E-state index contributed by atoms with van der Waals surface area (Å²) in [6, 6.07) is 6.14. The SMILES string of the molecule is Cc1ccc2c(c1)-c1c(ssc1=S)C(C)(C)N2C(=O)C(C)Cl. The molecule has 0 radical (unpaired) electrons. The van der Waals surface area contributed by atoms with Crippen LogP contribution in [0.4, 0.5) is 5.69 Å². The Morgan fingerprint density at radius 3 is 2.68 bits per heavy atom. The first-order valence-electron chi connectivity index (χ1n) is 6.98. The van der Waals surface area contributed by atoms with Gasteiger partial charge in [-0.2, -0.15) is 0 Å². The van der Waals surface area contributed by atoms with Gasteiger partial charge in [0.05, 0.1) is 16.1 Å². The van der Waals surface area contributed by atoms with Crippen LogP contribution in [0.3, 0.4) is 0 Å². The molecule has 6 heteroatoms. The number of rotatable bonds is 1. The first-order valence-corrected chi connectivity index (χ1v) is 9.97. The molecule has 0 saturated heterocycles. The summed E-state index contributed by atoms with van der Waals surface area (Å²) in [6.45, 7) is 7.89. The van der Waals surface area contributed by atoms with Crippen molar-refractivity contribution in [3.8, 4) is 11.1 Å². The van der Waals surface area contributed by atoms with Crippen molar-refractivity contribution in [2.24, 2.45) is 0 Å². The van der Waals surface area contributed by atoms with Crippen LogP contribution in [0.2, 0.25) is 0 Å². The molecule has 1 aliphatic heterocycles. The smallest absolute Gasteiger partial charge is 0.245 e. The van der Waals surface area contributed by atoms with Gasteiger partial charge in [0.25, 0.3) is 0 Å². The second kappa shape index (κ2) is 5.41. The number of amides is 1. The highest BCUT2D eigenvalue weighted by Gasteiger charge is 2.43. The molecule has 1 aromatic heterocycles. The first-order chi connectivity index (χ1) is 10.2. The van der Waals surface area contributed by atoms with E-state index in [0.717, 1.165) is 31.1 Å². The monoisotopic (exact) mass is 369 g/mol. The average molecular weight is 370 g/mol. The van der Waals surface area contributed by atoms with Gasteiger partial charge in [-0.15, -0.1) is 11.6 Å². The maximum absolute atomic E-state index is 12.8. The highest BCUT2D eigenvalue weighted by atomic mass is 35.5. The minimum absolute atomic E-state index is 0.0771. The van der Waals surface area contributed by atoms with E-state index >= 15 is 0 Å². The Kier molecular flexibility index (Phi) is 3.96. The number of hydrogen-bond acceptors (Lipinski definition) is 4. The molecule has 1 amide bonds. The summed E-state index contributed by atoms with van der Waals surface area (Å²) in [5.41, 5.74) is 3.76. The van der Waals surface area contributed by atoms with Crippen molar-refractivity contribution in [1.29, 1.82) is 0 Å². The molecule has 1 unspecified atom stereocenters. The molecule has 0 fully saturated rings. The van der Waals surface area contributed by atoms with Crippen LogP contribution in [0.5, 0.6) is 0 Å². The number of benzene rings is 1. The predicted octanol–water partition coefficient (Wildman–Crippen LogP) is 5.72. The lowest BCUT2D eigenvalue weighted by Gasteiger charge is -2.43. The van der Waals surface area contributed by atoms with Crippen LogP contribution in [-0.2, 0) is 10.3 Å². The van der Waals surface area contributed by atoms with Crippen LogP contribution in [0.1, 0.15) is 31.2 Å². The van der Waals surface area contributed by atoms with Gasteiger partial charge in [0.1, 0.15) is 9.20 Å². The molecule has 2 aromatic rings. The first kappa shape index (κ1) is 16.1. The second-order valence-corrected chi connectivity index (χ2v) is 9.50. The molecule has 0 bridgehead atoms. The van der Waals surface area contributed by atoms with E-state index in [-0.39, 0.29) is 5.91 Å². The Hall–Kier alpha value is -0.750. The van der Waals surface area contributed by atoms with E-state index in [2.05, 4.69) is 26.8 Å². The van der Waals surface area contributed by atoms with Crippen LogP contribution in [-0.4, -0.2) is 11.3 Å². The van der Waals surface area contributed by atoms with E-state index in [4.69, 9.17) is 23.8 Å². The lowest BCUT2D eigenvalue weighted by Crippen LogP contribution is -2.50. The van der Waals surface area contributed by atoms with Gasteiger partial charge in [0, 0.05) is 11.1 Å². The maximum atomic E-state index is 12.8. The van der Waals surface area contributed by atoms with Crippen molar-refractivity contribution < 1.29 is 4.79 Å². The fraction of sp³-hybridized carbons (Fsp3) is 0.375. The number of anilines is 1. The molecular weight excluding hydrogens is 354 g/mol. The van der Waals surface area contributed by atoms with Crippen molar-refractivity contribution in [2.45, 2.75) is 38.6 Å². The third-order valence-electron chi connectivity index (χ3n) is 3.97. The van der Waals surface area contributed by atoms with Gasteiger partial charge in [-0.3, -0.25) is 9.69 Å². The number of carbonyl (C=O) groups excluding carboxylic acids is 1. The Bertz CT molecular complexity index is 819. The molecule has 116 valence electrons.